The molecule has 0 aliphatic heterocycles. The molecule has 2 heterocycles. The second kappa shape index (κ2) is 10.3. The molecule has 0 radical (unpaired) electrons. The van der Waals surface area contributed by atoms with Crippen molar-refractivity contribution in [1.29, 1.82) is 0 Å². The zero-order chi connectivity index (χ0) is 22.3. The molecule has 4 rings (SSSR count). The number of benzene rings is 2. The molecule has 7 heteroatoms. The van der Waals surface area contributed by atoms with Crippen molar-refractivity contribution in [1.82, 2.24) is 20.2 Å². The van der Waals surface area contributed by atoms with E-state index in [4.69, 9.17) is 9.72 Å². The molecule has 0 fully saturated rings. The van der Waals surface area contributed by atoms with Crippen LogP contribution < -0.4 is 10.1 Å². The van der Waals surface area contributed by atoms with Crippen molar-refractivity contribution in [2.45, 2.75) is 13.0 Å². The lowest BCUT2D eigenvalue weighted by molar-refractivity contribution is -0.123. The minimum atomic E-state index is -0.146. The molecule has 32 heavy (non-hydrogen) atoms. The average Bonchev–Trinajstić information content (AvgIpc) is 3.23. The van der Waals surface area contributed by atoms with Gasteiger partial charge in [-0.2, -0.15) is 0 Å². The van der Waals surface area contributed by atoms with Crippen molar-refractivity contribution >= 4 is 27.5 Å². The smallest absolute Gasteiger partial charge is 0.257 e. The first-order valence-corrected chi connectivity index (χ1v) is 11.3. The summed E-state index contributed by atoms with van der Waals surface area (Å²) in [7, 11) is 4.02. The Morgan fingerprint density at radius 3 is 2.72 bits per heavy atom. The number of aromatic nitrogens is 2. The fraction of sp³-hybridized carbons (Fsp3) is 0.240. The molecular weight excluding hydrogens is 420 g/mol. The van der Waals surface area contributed by atoms with Gasteiger partial charge in [0.2, 0.25) is 0 Å². The molecular formula is C25H26N4O2S. The Labute approximate surface area is 191 Å². The Kier molecular flexibility index (Phi) is 7.09. The Balaban J connectivity index is 1.41. The first-order valence-electron chi connectivity index (χ1n) is 10.5. The molecule has 0 unspecified atom stereocenters. The molecule has 0 aliphatic rings. The van der Waals surface area contributed by atoms with E-state index in [0.29, 0.717) is 25.3 Å². The van der Waals surface area contributed by atoms with E-state index in [1.807, 2.05) is 62.6 Å². The molecule has 1 amide bonds. The maximum atomic E-state index is 12.3. The molecule has 1 N–H and O–H groups in total. The SMILES string of the molecule is CN(C)Cc1cc(-c2nc3ccccc3s2)ccc1OCC(=O)NCCc1ccccn1. The minimum Gasteiger partial charge on any atom is -0.483 e. The number of pyridine rings is 1. The topological polar surface area (TPSA) is 67.4 Å². The van der Waals surface area contributed by atoms with Crippen molar-refractivity contribution in [3.63, 3.8) is 0 Å². The van der Waals surface area contributed by atoms with Gasteiger partial charge in [-0.15, -0.1) is 11.3 Å². The number of amides is 1. The van der Waals surface area contributed by atoms with Gasteiger partial charge in [-0.05, 0) is 56.6 Å². The molecule has 2 aromatic heterocycles. The van der Waals surface area contributed by atoms with Crippen LogP contribution in [0.2, 0.25) is 0 Å². The van der Waals surface area contributed by atoms with Crippen molar-refractivity contribution in [3.05, 3.63) is 78.1 Å². The quantitative estimate of drug-likeness (QED) is 0.418. The summed E-state index contributed by atoms with van der Waals surface area (Å²) in [5.41, 5.74) is 4.03. The Morgan fingerprint density at radius 2 is 1.94 bits per heavy atom. The Hall–Kier alpha value is -3.29. The van der Waals surface area contributed by atoms with E-state index in [1.165, 1.54) is 4.70 Å². The van der Waals surface area contributed by atoms with Gasteiger partial charge in [0.1, 0.15) is 10.8 Å². The first-order chi connectivity index (χ1) is 15.6. The number of nitrogens with zero attached hydrogens (tertiary/aromatic N) is 3. The zero-order valence-electron chi connectivity index (χ0n) is 18.2. The minimum absolute atomic E-state index is 0.0247. The normalized spacial score (nSPS) is 11.1. The Bertz CT molecular complexity index is 1160. The summed E-state index contributed by atoms with van der Waals surface area (Å²) in [6.45, 7) is 1.21. The highest BCUT2D eigenvalue weighted by Gasteiger charge is 2.12. The van der Waals surface area contributed by atoms with Gasteiger partial charge < -0.3 is 15.0 Å². The molecule has 0 spiro atoms. The van der Waals surface area contributed by atoms with E-state index in [-0.39, 0.29) is 12.5 Å². The molecule has 164 valence electrons. The fourth-order valence-electron chi connectivity index (χ4n) is 3.38. The van der Waals surface area contributed by atoms with Gasteiger partial charge in [0, 0.05) is 42.5 Å². The molecule has 0 saturated carbocycles. The second-order valence-electron chi connectivity index (χ2n) is 7.76. The molecule has 6 nitrogen and oxygen atoms in total. The number of carbonyl (C=O) groups excluding carboxylic acids is 1. The zero-order valence-corrected chi connectivity index (χ0v) is 19.1. The van der Waals surface area contributed by atoms with E-state index in [9.17, 15) is 4.79 Å². The third-order valence-electron chi connectivity index (χ3n) is 4.88. The lowest BCUT2D eigenvalue weighted by Gasteiger charge is -2.16. The molecule has 0 saturated heterocycles. The molecule has 0 aliphatic carbocycles. The van der Waals surface area contributed by atoms with Gasteiger partial charge in [0.05, 0.1) is 10.2 Å². The predicted molar refractivity (Wildman–Crippen MR) is 129 cm³/mol. The molecule has 4 aromatic rings. The van der Waals surface area contributed by atoms with Gasteiger partial charge in [-0.3, -0.25) is 9.78 Å². The van der Waals surface area contributed by atoms with Crippen LogP contribution in [0.1, 0.15) is 11.3 Å². The highest BCUT2D eigenvalue weighted by atomic mass is 32.1. The maximum Gasteiger partial charge on any atom is 0.257 e. The van der Waals surface area contributed by atoms with Crippen LogP contribution in [0.3, 0.4) is 0 Å². The highest BCUT2D eigenvalue weighted by molar-refractivity contribution is 7.21. The Morgan fingerprint density at radius 1 is 1.09 bits per heavy atom. The van der Waals surface area contributed by atoms with Crippen molar-refractivity contribution in [3.8, 4) is 16.3 Å². The van der Waals surface area contributed by atoms with Crippen LogP contribution in [0.25, 0.3) is 20.8 Å². The summed E-state index contributed by atoms with van der Waals surface area (Å²) in [4.78, 5) is 23.4. The van der Waals surface area contributed by atoms with Crippen LogP contribution in [0.15, 0.2) is 66.9 Å². The number of ether oxygens (including phenoxy) is 1. The number of rotatable bonds is 9. The third-order valence-corrected chi connectivity index (χ3v) is 5.96. The predicted octanol–water partition coefficient (Wildman–Crippen LogP) is 4.16. The van der Waals surface area contributed by atoms with Crippen molar-refractivity contribution < 1.29 is 9.53 Å². The maximum absolute atomic E-state index is 12.3. The fourth-order valence-corrected chi connectivity index (χ4v) is 4.35. The van der Waals surface area contributed by atoms with Gasteiger partial charge >= 0.3 is 0 Å². The number of fused-ring (bicyclic) bond motifs is 1. The number of hydrogen-bond acceptors (Lipinski definition) is 6. The van der Waals surface area contributed by atoms with Gasteiger partial charge in [0.15, 0.2) is 6.61 Å². The highest BCUT2D eigenvalue weighted by Crippen LogP contribution is 2.33. The number of nitrogens with one attached hydrogen (secondary N) is 1. The molecule has 0 atom stereocenters. The van der Waals surface area contributed by atoms with Crippen molar-refractivity contribution in [2.24, 2.45) is 0 Å². The first kappa shape index (κ1) is 21.9. The summed E-state index contributed by atoms with van der Waals surface area (Å²) >= 11 is 1.67. The largest absolute Gasteiger partial charge is 0.483 e. The van der Waals surface area contributed by atoms with Gasteiger partial charge in [-0.25, -0.2) is 4.98 Å². The molecule has 2 aromatic carbocycles. The van der Waals surface area contributed by atoms with Crippen LogP contribution >= 0.6 is 11.3 Å². The summed E-state index contributed by atoms with van der Waals surface area (Å²) in [6.07, 6.45) is 2.44. The summed E-state index contributed by atoms with van der Waals surface area (Å²) in [5.74, 6) is 0.565. The van der Waals surface area contributed by atoms with Gasteiger partial charge in [0.25, 0.3) is 5.91 Å². The van der Waals surface area contributed by atoms with Crippen LogP contribution in [0, 0.1) is 0 Å². The monoisotopic (exact) mass is 446 g/mol. The van der Waals surface area contributed by atoms with E-state index in [2.05, 4.69) is 27.3 Å². The van der Waals surface area contributed by atoms with E-state index in [0.717, 1.165) is 27.3 Å². The number of thiazole rings is 1. The lowest BCUT2D eigenvalue weighted by atomic mass is 10.1. The lowest BCUT2D eigenvalue weighted by Crippen LogP contribution is -2.30. The molecule has 0 bridgehead atoms. The summed E-state index contributed by atoms with van der Waals surface area (Å²) in [6, 6.07) is 20.0. The number of carbonyl (C=O) groups is 1. The van der Waals surface area contributed by atoms with Crippen LogP contribution in [-0.4, -0.2) is 48.0 Å². The van der Waals surface area contributed by atoms with Crippen LogP contribution in [0.4, 0.5) is 0 Å². The van der Waals surface area contributed by atoms with Crippen molar-refractivity contribution in [2.75, 3.05) is 27.2 Å². The summed E-state index contributed by atoms with van der Waals surface area (Å²) < 4.78 is 7.05. The average molecular weight is 447 g/mol. The second-order valence-corrected chi connectivity index (χ2v) is 8.79. The number of hydrogen-bond donors (Lipinski definition) is 1. The van der Waals surface area contributed by atoms with E-state index in [1.54, 1.807) is 17.5 Å². The third kappa shape index (κ3) is 5.69. The van der Waals surface area contributed by atoms with E-state index >= 15 is 0 Å². The van der Waals surface area contributed by atoms with Crippen LogP contribution in [0.5, 0.6) is 5.75 Å². The van der Waals surface area contributed by atoms with Gasteiger partial charge in [-0.1, -0.05) is 18.2 Å². The number of para-hydroxylation sites is 1. The van der Waals surface area contributed by atoms with Crippen LogP contribution in [-0.2, 0) is 17.8 Å². The van der Waals surface area contributed by atoms with E-state index < -0.39 is 0 Å². The summed E-state index contributed by atoms with van der Waals surface area (Å²) in [5, 5.41) is 3.87. The standard InChI is InChI=1S/C25H26N4O2S/c1-29(2)16-19-15-18(25-28-21-8-3-4-9-23(21)32-25)10-11-22(19)31-17-24(30)27-14-12-20-7-5-6-13-26-20/h3-11,13,15H,12,14,16-17H2,1-2H3,(H,27,30).